The molecule has 0 saturated carbocycles. The molecule has 76 heavy (non-hydrogen) atoms. The van der Waals surface area contributed by atoms with E-state index in [0.717, 1.165) is 6.42 Å². The van der Waals surface area contributed by atoms with Gasteiger partial charge in [-0.15, -0.1) is 13.2 Å². The minimum Gasteiger partial charge on any atom is -0.391 e. The van der Waals surface area contributed by atoms with Gasteiger partial charge in [0.1, 0.15) is 48.3 Å². The molecule has 0 amide bonds. The Bertz CT molecular complexity index is 2140. The van der Waals surface area contributed by atoms with Gasteiger partial charge in [-0.1, -0.05) is 76.3 Å². The maximum atomic E-state index is 12.5. The molecule has 0 aromatic rings. The zero-order chi connectivity index (χ0) is 52.8. The van der Waals surface area contributed by atoms with Gasteiger partial charge in [-0.2, -0.15) is 0 Å². The molecular weight excluding hydrogens is 981 g/mol. The van der Waals surface area contributed by atoms with Gasteiger partial charge in [-0.05, 0) is 57.3 Å². The van der Waals surface area contributed by atoms with Gasteiger partial charge in [0.15, 0.2) is 5.79 Å². The van der Waals surface area contributed by atoms with Gasteiger partial charge in [0, 0.05) is 43.9 Å². The van der Waals surface area contributed by atoms with E-state index in [9.17, 15) is 20.4 Å². The van der Waals surface area contributed by atoms with Crippen LogP contribution in [-0.2, 0) is 61.6 Å². The lowest BCUT2D eigenvalue weighted by Gasteiger charge is -2.53. The third-order valence-electron chi connectivity index (χ3n) is 19.9. The standard InChI is InChI=1S/C59H86O17/c1-8-13-34-36(16-12-17-37-38(66-34)18-19-39-42(67-37)23-48-56(72-39)52(63)55-40(69-48)15-10-11-20-64-55)68-44-25-49(61)58(7)50(71-35(44)14-9-2)26-45-46(75-58)22-29(3)21-41-43(70-45)24-47-53(73-41)31(5)51(62)57-54(74-47)30(4)32(6)59(76-57)27-33(60)28-65-59/h8-12,16,18-19,29-57,60-63H,1-2,13-15,17,20-28H2,3-7H3/b16-12-/t29-,30+,31+,32+,33+,34-,35+,36+,37-,38+,39-,40+,41+,42+,43-,44-,45+,46-,47+,48-,49-,50-,51+,52-,53-,54-,55+,56-,57+,58+,59-/m1/s1. The van der Waals surface area contributed by atoms with E-state index >= 15 is 0 Å². The first kappa shape index (κ1) is 54.6. The molecule has 424 valence electrons. The summed E-state index contributed by atoms with van der Waals surface area (Å²) in [7, 11) is 0. The molecular formula is C59H86O17. The number of rotatable bonds is 6. The first-order valence-corrected chi connectivity index (χ1v) is 29.1. The first-order chi connectivity index (χ1) is 36.6. The molecule has 0 bridgehead atoms. The summed E-state index contributed by atoms with van der Waals surface area (Å²) < 4.78 is 88.6. The number of aliphatic hydroxyl groups is 4. The summed E-state index contributed by atoms with van der Waals surface area (Å²) in [6.45, 7) is 19.3. The highest BCUT2D eigenvalue weighted by molar-refractivity contribution is 5.14. The van der Waals surface area contributed by atoms with Crippen LogP contribution in [0.15, 0.2) is 61.8 Å². The Hall–Kier alpha value is -1.98. The Morgan fingerprint density at radius 2 is 1.26 bits per heavy atom. The van der Waals surface area contributed by atoms with Crippen LogP contribution in [0.5, 0.6) is 0 Å². The van der Waals surface area contributed by atoms with E-state index in [0.29, 0.717) is 64.4 Å². The van der Waals surface area contributed by atoms with Crippen molar-refractivity contribution in [2.24, 2.45) is 23.7 Å². The van der Waals surface area contributed by atoms with Crippen molar-refractivity contribution >= 4 is 0 Å². The third-order valence-corrected chi connectivity index (χ3v) is 19.9. The smallest absolute Gasteiger partial charge is 0.174 e. The molecule has 9 saturated heterocycles. The lowest BCUT2D eigenvalue weighted by atomic mass is 9.75. The zero-order valence-corrected chi connectivity index (χ0v) is 45.1. The molecule has 12 rings (SSSR count). The summed E-state index contributed by atoms with van der Waals surface area (Å²) in [6, 6.07) is 0. The summed E-state index contributed by atoms with van der Waals surface area (Å²) in [6.07, 6.45) is 9.99. The van der Waals surface area contributed by atoms with E-state index in [1.165, 1.54) is 0 Å². The van der Waals surface area contributed by atoms with Crippen LogP contribution in [0.4, 0.5) is 0 Å². The Morgan fingerprint density at radius 1 is 0.579 bits per heavy atom. The predicted octanol–water partition coefficient (Wildman–Crippen LogP) is 4.88. The van der Waals surface area contributed by atoms with Crippen molar-refractivity contribution < 1.29 is 82.0 Å². The van der Waals surface area contributed by atoms with Crippen LogP contribution in [-0.4, -0.2) is 198 Å². The van der Waals surface area contributed by atoms with Crippen LogP contribution in [0.3, 0.4) is 0 Å². The van der Waals surface area contributed by atoms with Gasteiger partial charge in [-0.3, -0.25) is 0 Å². The normalized spacial score (nSPS) is 56.3. The van der Waals surface area contributed by atoms with Crippen molar-refractivity contribution in [2.75, 3.05) is 13.2 Å². The highest BCUT2D eigenvalue weighted by Crippen LogP contribution is 2.52. The molecule has 0 aromatic heterocycles. The second-order valence-corrected chi connectivity index (χ2v) is 25.0. The number of hydrogen-bond donors (Lipinski definition) is 4. The molecule has 12 heterocycles. The molecule has 12 aliphatic rings. The van der Waals surface area contributed by atoms with Gasteiger partial charge in [0.05, 0.1) is 123 Å². The number of hydrogen-bond acceptors (Lipinski definition) is 17. The van der Waals surface area contributed by atoms with Crippen LogP contribution in [0.2, 0.25) is 0 Å². The first-order valence-electron chi connectivity index (χ1n) is 29.1. The van der Waals surface area contributed by atoms with Crippen LogP contribution < -0.4 is 0 Å². The van der Waals surface area contributed by atoms with Gasteiger partial charge in [-0.25, -0.2) is 0 Å². The minimum atomic E-state index is -1.06. The second kappa shape index (κ2) is 22.1. The van der Waals surface area contributed by atoms with E-state index in [1.807, 2.05) is 44.2 Å². The van der Waals surface area contributed by atoms with Crippen molar-refractivity contribution in [3.05, 3.63) is 61.8 Å². The Morgan fingerprint density at radius 3 is 2.05 bits per heavy atom. The molecule has 0 unspecified atom stereocenters. The van der Waals surface area contributed by atoms with Gasteiger partial charge in [0.2, 0.25) is 0 Å². The maximum Gasteiger partial charge on any atom is 0.174 e. The number of fused-ring (bicyclic) bond motifs is 9. The van der Waals surface area contributed by atoms with E-state index in [2.05, 4.69) is 52.2 Å². The molecule has 1 spiro atoms. The molecule has 31 atom stereocenters. The summed E-state index contributed by atoms with van der Waals surface area (Å²) in [5.74, 6) is -1.19. The maximum absolute atomic E-state index is 12.5. The fourth-order valence-electron chi connectivity index (χ4n) is 15.5. The molecule has 17 nitrogen and oxygen atoms in total. The number of ether oxygens (including phenoxy) is 13. The van der Waals surface area contributed by atoms with E-state index in [4.69, 9.17) is 61.6 Å². The summed E-state index contributed by atoms with van der Waals surface area (Å²) in [5, 5.41) is 46.5. The average Bonchev–Trinajstić information content (AvgIpc) is 3.59. The quantitative estimate of drug-likeness (QED) is 0.262. The van der Waals surface area contributed by atoms with Crippen LogP contribution in [0.1, 0.15) is 105 Å². The van der Waals surface area contributed by atoms with Crippen LogP contribution >= 0.6 is 0 Å². The largest absolute Gasteiger partial charge is 0.391 e. The molecule has 9 fully saturated rings. The lowest BCUT2D eigenvalue weighted by Crippen LogP contribution is -2.63. The van der Waals surface area contributed by atoms with Crippen LogP contribution in [0, 0.1) is 23.7 Å². The monoisotopic (exact) mass is 1070 g/mol. The fourth-order valence-corrected chi connectivity index (χ4v) is 15.5. The van der Waals surface area contributed by atoms with E-state index in [-0.39, 0.29) is 97.7 Å². The SMILES string of the molecule is C=CC[C@@H]1O[C@@H]2C[C@@H]3O[C@@H]4C[C@@H]5O[C@@H]6[C@@H](C)[C@H](C)[C@@]7(C[C@H](O)CO7)O[C@H]6[C@@H](O)[C@H](C)[C@H]5O[C@H]4C[C@@H](C)C[C@H]3O[C@@]2(C)[C@H](O)C[C@H]1O[C@H]1/C=C\C[C@H]2O[C@H]3C[C@H]4O[C@H]5CC=CCO[C@@H]5[C@@H](O)[C@@H]4O[C@@H]3C=C[C@@H]2O[C@@H]1CC=C. The minimum absolute atomic E-state index is 0.0312. The Balaban J connectivity index is 0.736. The summed E-state index contributed by atoms with van der Waals surface area (Å²) in [4.78, 5) is 0. The third kappa shape index (κ3) is 10.1. The highest BCUT2D eigenvalue weighted by Gasteiger charge is 2.63. The van der Waals surface area contributed by atoms with Crippen molar-refractivity contribution in [1.29, 1.82) is 0 Å². The Kier molecular flexibility index (Phi) is 15.9. The van der Waals surface area contributed by atoms with Crippen molar-refractivity contribution in [3.63, 3.8) is 0 Å². The molecule has 0 aromatic carbocycles. The average molecular weight is 1070 g/mol. The topological polar surface area (TPSA) is 201 Å². The Labute approximate surface area is 448 Å². The van der Waals surface area contributed by atoms with E-state index < -0.39 is 103 Å². The molecule has 0 aliphatic carbocycles. The number of aliphatic hydroxyl groups excluding tert-OH is 4. The molecule has 12 aliphatic heterocycles. The van der Waals surface area contributed by atoms with Crippen molar-refractivity contribution in [1.82, 2.24) is 0 Å². The zero-order valence-electron chi connectivity index (χ0n) is 45.1. The van der Waals surface area contributed by atoms with Crippen molar-refractivity contribution in [3.8, 4) is 0 Å². The summed E-state index contributed by atoms with van der Waals surface area (Å²) >= 11 is 0. The van der Waals surface area contributed by atoms with Crippen molar-refractivity contribution in [2.45, 2.75) is 269 Å². The predicted molar refractivity (Wildman–Crippen MR) is 274 cm³/mol. The second-order valence-electron chi connectivity index (χ2n) is 25.0. The van der Waals surface area contributed by atoms with Crippen LogP contribution in [0.25, 0.3) is 0 Å². The van der Waals surface area contributed by atoms with E-state index in [1.54, 1.807) is 0 Å². The van der Waals surface area contributed by atoms with Gasteiger partial charge < -0.3 is 82.0 Å². The van der Waals surface area contributed by atoms with Gasteiger partial charge in [0.25, 0.3) is 0 Å². The fraction of sp³-hybridized carbons (Fsp3) is 0.831. The highest BCUT2D eigenvalue weighted by atomic mass is 16.7. The summed E-state index contributed by atoms with van der Waals surface area (Å²) in [5.41, 5.74) is -1.06. The molecule has 0 radical (unpaired) electrons. The van der Waals surface area contributed by atoms with Gasteiger partial charge >= 0.3 is 0 Å². The molecule has 17 heteroatoms. The lowest BCUT2D eigenvalue weighted by molar-refractivity contribution is -0.339. The molecule has 4 N–H and O–H groups in total.